The Hall–Kier alpha value is -0.120. The van der Waals surface area contributed by atoms with E-state index in [1.165, 1.54) is 0 Å². The SMILES string of the molecule is CCOOCCC[N-]C. The summed E-state index contributed by atoms with van der Waals surface area (Å²) in [7, 11) is 1.79. The third-order valence-electron chi connectivity index (χ3n) is 0.811. The molecule has 0 aliphatic rings. The van der Waals surface area contributed by atoms with Crippen LogP contribution in [0.1, 0.15) is 13.3 Å². The Morgan fingerprint density at radius 3 is 2.67 bits per heavy atom. The van der Waals surface area contributed by atoms with Gasteiger partial charge in [0.25, 0.3) is 0 Å². The van der Waals surface area contributed by atoms with Crippen LogP contribution in [0.25, 0.3) is 5.32 Å². The quantitative estimate of drug-likeness (QED) is 0.310. The highest BCUT2D eigenvalue weighted by Crippen LogP contribution is 1.87. The van der Waals surface area contributed by atoms with Gasteiger partial charge in [-0.3, -0.25) is 0 Å². The van der Waals surface area contributed by atoms with E-state index in [0.717, 1.165) is 13.0 Å². The Morgan fingerprint density at radius 2 is 2.11 bits per heavy atom. The van der Waals surface area contributed by atoms with Gasteiger partial charge in [0.1, 0.15) is 0 Å². The Morgan fingerprint density at radius 1 is 1.33 bits per heavy atom. The minimum Gasteiger partial charge on any atom is -0.665 e. The van der Waals surface area contributed by atoms with Crippen molar-refractivity contribution in [3.05, 3.63) is 5.32 Å². The molecule has 0 radical (unpaired) electrons. The van der Waals surface area contributed by atoms with Crippen LogP contribution < -0.4 is 0 Å². The predicted octanol–water partition coefficient (Wildman–Crippen LogP) is 1.35. The Bertz CT molecular complexity index is 44.3. The highest BCUT2D eigenvalue weighted by molar-refractivity contribution is 4.67. The van der Waals surface area contributed by atoms with Gasteiger partial charge in [0, 0.05) is 0 Å². The van der Waals surface area contributed by atoms with Gasteiger partial charge < -0.3 is 5.32 Å². The third kappa shape index (κ3) is 7.88. The molecule has 0 atom stereocenters. The van der Waals surface area contributed by atoms with Crippen molar-refractivity contribution >= 4 is 0 Å². The van der Waals surface area contributed by atoms with E-state index in [0.29, 0.717) is 13.2 Å². The fraction of sp³-hybridized carbons (Fsp3) is 1.00. The normalized spacial score (nSPS) is 10.0. The van der Waals surface area contributed by atoms with Crippen LogP contribution in [0.2, 0.25) is 0 Å². The molecule has 0 rings (SSSR count). The van der Waals surface area contributed by atoms with Crippen LogP contribution in [0.5, 0.6) is 0 Å². The molecule has 0 N–H and O–H groups in total. The van der Waals surface area contributed by atoms with Gasteiger partial charge in [0.05, 0.1) is 13.2 Å². The van der Waals surface area contributed by atoms with Gasteiger partial charge in [-0.25, -0.2) is 9.78 Å². The van der Waals surface area contributed by atoms with Crippen LogP contribution in [0.3, 0.4) is 0 Å². The molecule has 9 heavy (non-hydrogen) atoms. The molecule has 0 saturated carbocycles. The van der Waals surface area contributed by atoms with Gasteiger partial charge in [-0.05, 0) is 13.3 Å². The molecule has 0 heterocycles. The number of rotatable bonds is 6. The number of hydrogen-bond donors (Lipinski definition) is 0. The summed E-state index contributed by atoms with van der Waals surface area (Å²) in [6, 6.07) is 0. The first kappa shape index (κ1) is 8.88. The second-order valence-electron chi connectivity index (χ2n) is 1.62. The van der Waals surface area contributed by atoms with Gasteiger partial charge in [-0.1, -0.05) is 0 Å². The zero-order chi connectivity index (χ0) is 6.95. The van der Waals surface area contributed by atoms with Gasteiger partial charge in [-0.15, -0.1) is 6.54 Å². The third-order valence-corrected chi connectivity index (χ3v) is 0.811. The van der Waals surface area contributed by atoms with Crippen LogP contribution in [0.15, 0.2) is 0 Å². The minimum atomic E-state index is 0.614. The monoisotopic (exact) mass is 132 g/mol. The molecule has 3 heteroatoms. The van der Waals surface area contributed by atoms with E-state index in [4.69, 9.17) is 4.89 Å². The van der Waals surface area contributed by atoms with Crippen LogP contribution >= 0.6 is 0 Å². The van der Waals surface area contributed by atoms with Crippen molar-refractivity contribution in [3.63, 3.8) is 0 Å². The molecule has 0 unspecified atom stereocenters. The average Bonchev–Trinajstić information content (AvgIpc) is 1.89. The summed E-state index contributed by atoms with van der Waals surface area (Å²) in [4.78, 5) is 9.36. The van der Waals surface area contributed by atoms with E-state index in [2.05, 4.69) is 10.2 Å². The predicted molar refractivity (Wildman–Crippen MR) is 36.3 cm³/mol. The maximum atomic E-state index is 4.72. The molecule has 0 fully saturated rings. The molecular formula is C6H14NO2-. The lowest BCUT2D eigenvalue weighted by Crippen LogP contribution is -1.97. The highest BCUT2D eigenvalue weighted by atomic mass is 17.2. The van der Waals surface area contributed by atoms with Crippen LogP contribution in [-0.2, 0) is 9.78 Å². The van der Waals surface area contributed by atoms with Crippen molar-refractivity contribution in [2.75, 3.05) is 26.8 Å². The summed E-state index contributed by atoms with van der Waals surface area (Å²) in [5.74, 6) is 0. The second-order valence-corrected chi connectivity index (χ2v) is 1.62. The largest absolute Gasteiger partial charge is 0.665 e. The topological polar surface area (TPSA) is 32.6 Å². The fourth-order valence-electron chi connectivity index (χ4n) is 0.424. The van der Waals surface area contributed by atoms with Gasteiger partial charge in [-0.2, -0.15) is 7.05 Å². The first-order valence-corrected chi connectivity index (χ1v) is 3.21. The molecule has 3 nitrogen and oxygen atoms in total. The maximum Gasteiger partial charge on any atom is 0.0806 e. The summed E-state index contributed by atoms with van der Waals surface area (Å²) >= 11 is 0. The second kappa shape index (κ2) is 7.88. The first-order chi connectivity index (χ1) is 4.41. The van der Waals surface area contributed by atoms with Gasteiger partial charge in [0.15, 0.2) is 0 Å². The summed E-state index contributed by atoms with van der Waals surface area (Å²) in [6.45, 7) is 4.01. The number of hydrogen-bond acceptors (Lipinski definition) is 2. The summed E-state index contributed by atoms with van der Waals surface area (Å²) in [6.07, 6.45) is 0.941. The zero-order valence-electron chi connectivity index (χ0n) is 6.09. The first-order valence-electron chi connectivity index (χ1n) is 3.21. The molecular weight excluding hydrogens is 118 g/mol. The van der Waals surface area contributed by atoms with Gasteiger partial charge >= 0.3 is 0 Å². The zero-order valence-corrected chi connectivity index (χ0v) is 6.09. The van der Waals surface area contributed by atoms with E-state index < -0.39 is 0 Å². The minimum absolute atomic E-state index is 0.614. The molecule has 0 aromatic heterocycles. The van der Waals surface area contributed by atoms with Crippen molar-refractivity contribution in [2.24, 2.45) is 0 Å². The molecule has 0 spiro atoms. The van der Waals surface area contributed by atoms with Crippen LogP contribution in [0, 0.1) is 0 Å². The lowest BCUT2D eigenvalue weighted by atomic mass is 10.5. The molecule has 0 aliphatic carbocycles. The lowest BCUT2D eigenvalue weighted by Gasteiger charge is -2.08. The Kier molecular flexibility index (Phi) is 7.77. The molecule has 0 saturated heterocycles. The van der Waals surface area contributed by atoms with Crippen LogP contribution in [0.4, 0.5) is 0 Å². The highest BCUT2D eigenvalue weighted by Gasteiger charge is 1.80. The molecule has 56 valence electrons. The van der Waals surface area contributed by atoms with Crippen LogP contribution in [-0.4, -0.2) is 26.8 Å². The summed E-state index contributed by atoms with van der Waals surface area (Å²) in [5.41, 5.74) is 0. The standard InChI is InChI=1S/C6H14NO2/c1-3-8-9-6-4-5-7-2/h3-6H2,1-2H3/q-1. The molecule has 0 bridgehead atoms. The summed E-state index contributed by atoms with van der Waals surface area (Å²) in [5, 5.41) is 3.90. The smallest absolute Gasteiger partial charge is 0.0806 e. The molecule has 0 aromatic carbocycles. The van der Waals surface area contributed by atoms with E-state index in [1.54, 1.807) is 7.05 Å². The Labute approximate surface area is 56.3 Å². The van der Waals surface area contributed by atoms with E-state index in [-0.39, 0.29) is 0 Å². The fourth-order valence-corrected chi connectivity index (χ4v) is 0.424. The average molecular weight is 132 g/mol. The summed E-state index contributed by atoms with van der Waals surface area (Å²) < 4.78 is 0. The van der Waals surface area contributed by atoms with Crippen molar-refractivity contribution in [1.82, 2.24) is 0 Å². The molecule has 0 amide bonds. The Balaban J connectivity index is 2.60. The van der Waals surface area contributed by atoms with E-state index >= 15 is 0 Å². The van der Waals surface area contributed by atoms with Crippen molar-refractivity contribution in [1.29, 1.82) is 0 Å². The lowest BCUT2D eigenvalue weighted by molar-refractivity contribution is -0.290. The molecule has 0 aliphatic heterocycles. The van der Waals surface area contributed by atoms with Crippen molar-refractivity contribution < 1.29 is 9.78 Å². The maximum absolute atomic E-state index is 4.72. The van der Waals surface area contributed by atoms with E-state index in [1.807, 2.05) is 6.92 Å². The van der Waals surface area contributed by atoms with Crippen molar-refractivity contribution in [3.8, 4) is 0 Å². The molecule has 0 aromatic rings. The van der Waals surface area contributed by atoms with E-state index in [9.17, 15) is 0 Å². The van der Waals surface area contributed by atoms with Gasteiger partial charge in [0.2, 0.25) is 0 Å². The number of nitrogens with zero attached hydrogens (tertiary/aromatic N) is 1. The van der Waals surface area contributed by atoms with Crippen molar-refractivity contribution in [2.45, 2.75) is 13.3 Å².